The smallest absolute Gasteiger partial charge is 0.252 e. The Morgan fingerprint density at radius 1 is 1.37 bits per heavy atom. The van der Waals surface area contributed by atoms with Gasteiger partial charge in [-0.15, -0.1) is 0 Å². The van der Waals surface area contributed by atoms with Crippen LogP contribution < -0.4 is 22.1 Å². The predicted octanol–water partition coefficient (Wildman–Crippen LogP) is 1.96. The first kappa shape index (κ1) is 20.0. The summed E-state index contributed by atoms with van der Waals surface area (Å²) in [6.45, 7) is 3.68. The molecule has 4 rings (SSSR count). The number of rotatable bonds is 6. The van der Waals surface area contributed by atoms with Crippen LogP contribution in [0.25, 0.3) is 10.9 Å². The van der Waals surface area contributed by atoms with Gasteiger partial charge in [-0.3, -0.25) is 9.48 Å². The van der Waals surface area contributed by atoms with E-state index in [9.17, 15) is 9.18 Å². The number of carbonyl (C=O) groups excluding carboxylic acids is 1. The number of hydrogen-bond acceptors (Lipinski definition) is 7. The molecular weight excluding hydrogens is 389 g/mol. The van der Waals surface area contributed by atoms with Crippen molar-refractivity contribution in [2.75, 3.05) is 23.8 Å². The Kier molecular flexibility index (Phi) is 5.51. The summed E-state index contributed by atoms with van der Waals surface area (Å²) < 4.78 is 21.8. The third-order valence-corrected chi connectivity index (χ3v) is 5.17. The number of ether oxygens (including phenoxy) is 1. The van der Waals surface area contributed by atoms with Crippen LogP contribution in [0.15, 0.2) is 30.5 Å². The highest BCUT2D eigenvalue weighted by molar-refractivity contribution is 5.99. The van der Waals surface area contributed by atoms with E-state index >= 15 is 0 Å². The first-order chi connectivity index (χ1) is 14.5. The van der Waals surface area contributed by atoms with Gasteiger partial charge in [0.25, 0.3) is 5.91 Å². The number of nitrogens with two attached hydrogens (primary N) is 2. The quantitative estimate of drug-likeness (QED) is 0.485. The second-order valence-corrected chi connectivity index (χ2v) is 7.22. The number of fused-ring (bicyclic) bond motifs is 1. The number of pyridine rings is 1. The van der Waals surface area contributed by atoms with E-state index in [1.165, 1.54) is 0 Å². The van der Waals surface area contributed by atoms with Crippen molar-refractivity contribution in [2.45, 2.75) is 32.0 Å². The summed E-state index contributed by atoms with van der Waals surface area (Å²) in [5.41, 5.74) is 13.1. The van der Waals surface area contributed by atoms with Crippen LogP contribution in [0.1, 0.15) is 23.7 Å². The molecule has 10 heteroatoms. The summed E-state index contributed by atoms with van der Waals surface area (Å²) in [6, 6.07) is 6.24. The molecule has 30 heavy (non-hydrogen) atoms. The van der Waals surface area contributed by atoms with E-state index in [4.69, 9.17) is 16.2 Å². The second kappa shape index (κ2) is 8.25. The van der Waals surface area contributed by atoms with Crippen molar-refractivity contribution < 1.29 is 13.9 Å². The number of carbonyl (C=O) groups is 1. The molecule has 0 radical (unpaired) electrons. The number of hydrogen-bond donors (Lipinski definition) is 4. The van der Waals surface area contributed by atoms with Crippen molar-refractivity contribution in [1.29, 1.82) is 0 Å². The van der Waals surface area contributed by atoms with E-state index in [1.54, 1.807) is 6.20 Å². The topological polar surface area (TPSA) is 133 Å². The molecular formula is C20H24FN7O2. The molecule has 3 heterocycles. The average Bonchev–Trinajstić information content (AvgIpc) is 3.14. The van der Waals surface area contributed by atoms with E-state index in [1.807, 2.05) is 29.8 Å². The Hall–Kier alpha value is -3.24. The highest BCUT2D eigenvalue weighted by atomic mass is 19.1. The Morgan fingerprint density at radius 3 is 2.93 bits per heavy atom. The number of nitrogens with zero attached hydrogens (tertiary/aromatic N) is 3. The SMILES string of the molecule is CCn1ncc2cc(Nc3nc(N[C@@H]4CCOC[C@@H]4N)c(F)cc3C(N)=O)ccc21. The molecule has 9 nitrogen and oxygen atoms in total. The molecule has 158 valence electrons. The fraction of sp³-hybridized carbons (Fsp3) is 0.350. The summed E-state index contributed by atoms with van der Waals surface area (Å²) in [5, 5.41) is 11.4. The van der Waals surface area contributed by atoms with Crippen molar-refractivity contribution in [3.05, 3.63) is 41.8 Å². The van der Waals surface area contributed by atoms with Gasteiger partial charge in [0, 0.05) is 36.3 Å². The number of anilines is 3. The fourth-order valence-corrected chi connectivity index (χ4v) is 3.54. The van der Waals surface area contributed by atoms with E-state index in [-0.39, 0.29) is 29.3 Å². The number of amides is 1. The minimum atomic E-state index is -0.780. The molecule has 0 bridgehead atoms. The van der Waals surface area contributed by atoms with Gasteiger partial charge in [-0.05, 0) is 37.6 Å². The minimum Gasteiger partial charge on any atom is -0.380 e. The Labute approximate surface area is 172 Å². The van der Waals surface area contributed by atoms with Gasteiger partial charge in [-0.2, -0.15) is 5.10 Å². The molecule has 1 aromatic carbocycles. The van der Waals surface area contributed by atoms with Crippen LogP contribution in [-0.4, -0.2) is 46.0 Å². The highest BCUT2D eigenvalue weighted by Gasteiger charge is 2.25. The first-order valence-electron chi connectivity index (χ1n) is 9.79. The highest BCUT2D eigenvalue weighted by Crippen LogP contribution is 2.27. The third kappa shape index (κ3) is 3.91. The maximum absolute atomic E-state index is 14.6. The minimum absolute atomic E-state index is 0.00438. The van der Waals surface area contributed by atoms with E-state index < -0.39 is 11.7 Å². The van der Waals surface area contributed by atoms with Crippen LogP contribution in [0.5, 0.6) is 0 Å². The predicted molar refractivity (Wildman–Crippen MR) is 112 cm³/mol. The molecule has 0 unspecified atom stereocenters. The van der Waals surface area contributed by atoms with Gasteiger partial charge in [-0.25, -0.2) is 9.37 Å². The summed E-state index contributed by atoms with van der Waals surface area (Å²) in [7, 11) is 0. The van der Waals surface area contributed by atoms with Crippen LogP contribution in [0.3, 0.4) is 0 Å². The molecule has 0 spiro atoms. The van der Waals surface area contributed by atoms with Gasteiger partial charge in [0.05, 0.1) is 23.9 Å². The standard InChI is InChI=1S/C20H24FN7O2/c1-2-28-17-4-3-12(7-11(17)9-24-28)25-19-13(18(23)29)8-14(21)20(27-19)26-16-5-6-30-10-15(16)22/h3-4,7-9,15-16H,2,5-6,10,22H2,1H3,(H2,23,29)(H2,25,26,27)/t15-,16+/m0/s1. The molecule has 1 fully saturated rings. The van der Waals surface area contributed by atoms with Crippen LogP contribution in [0, 0.1) is 5.82 Å². The van der Waals surface area contributed by atoms with Crippen LogP contribution in [0.4, 0.5) is 21.7 Å². The van der Waals surface area contributed by atoms with Crippen molar-refractivity contribution >= 4 is 34.1 Å². The number of halogens is 1. The summed E-state index contributed by atoms with van der Waals surface area (Å²) in [5.74, 6) is -1.29. The normalized spacial score (nSPS) is 19.0. The average molecular weight is 413 g/mol. The lowest BCUT2D eigenvalue weighted by molar-refractivity contribution is 0.0751. The van der Waals surface area contributed by atoms with Crippen molar-refractivity contribution in [3.63, 3.8) is 0 Å². The zero-order chi connectivity index (χ0) is 21.3. The van der Waals surface area contributed by atoms with Gasteiger partial charge in [-0.1, -0.05) is 0 Å². The lowest BCUT2D eigenvalue weighted by Crippen LogP contribution is -2.47. The molecule has 1 saturated heterocycles. The lowest BCUT2D eigenvalue weighted by Gasteiger charge is -2.30. The molecule has 0 aliphatic carbocycles. The monoisotopic (exact) mass is 413 g/mol. The van der Waals surface area contributed by atoms with Gasteiger partial charge in [0.2, 0.25) is 0 Å². The van der Waals surface area contributed by atoms with E-state index in [0.29, 0.717) is 25.3 Å². The molecule has 6 N–H and O–H groups in total. The molecule has 1 aliphatic heterocycles. The van der Waals surface area contributed by atoms with Crippen LogP contribution in [0.2, 0.25) is 0 Å². The molecule has 0 saturated carbocycles. The Balaban J connectivity index is 1.66. The van der Waals surface area contributed by atoms with Crippen molar-refractivity contribution in [3.8, 4) is 0 Å². The van der Waals surface area contributed by atoms with Crippen LogP contribution >= 0.6 is 0 Å². The third-order valence-electron chi connectivity index (χ3n) is 5.17. The first-order valence-corrected chi connectivity index (χ1v) is 9.79. The van der Waals surface area contributed by atoms with Crippen molar-refractivity contribution in [2.24, 2.45) is 11.5 Å². The fourth-order valence-electron chi connectivity index (χ4n) is 3.54. The molecule has 2 atom stereocenters. The largest absolute Gasteiger partial charge is 0.380 e. The molecule has 2 aromatic heterocycles. The number of benzene rings is 1. The number of nitrogens with one attached hydrogen (secondary N) is 2. The van der Waals surface area contributed by atoms with Crippen LogP contribution in [-0.2, 0) is 11.3 Å². The van der Waals surface area contributed by atoms with Gasteiger partial charge >= 0.3 is 0 Å². The van der Waals surface area contributed by atoms with E-state index in [2.05, 4.69) is 20.7 Å². The Bertz CT molecular complexity index is 1080. The summed E-state index contributed by atoms with van der Waals surface area (Å²) in [4.78, 5) is 16.2. The number of aryl methyl sites for hydroxylation is 1. The molecule has 1 aliphatic rings. The maximum atomic E-state index is 14.6. The van der Waals surface area contributed by atoms with Gasteiger partial charge in [0.1, 0.15) is 5.82 Å². The van der Waals surface area contributed by atoms with Gasteiger partial charge in [0.15, 0.2) is 11.6 Å². The second-order valence-electron chi connectivity index (χ2n) is 7.22. The van der Waals surface area contributed by atoms with Crippen molar-refractivity contribution in [1.82, 2.24) is 14.8 Å². The zero-order valence-electron chi connectivity index (χ0n) is 16.6. The number of aromatic nitrogens is 3. The molecule has 1 amide bonds. The Morgan fingerprint density at radius 2 is 2.20 bits per heavy atom. The lowest BCUT2D eigenvalue weighted by atomic mass is 10.0. The zero-order valence-corrected chi connectivity index (χ0v) is 16.6. The number of primary amides is 1. The molecule has 3 aromatic rings. The maximum Gasteiger partial charge on any atom is 0.252 e. The summed E-state index contributed by atoms with van der Waals surface area (Å²) in [6.07, 6.45) is 2.39. The van der Waals surface area contributed by atoms with E-state index in [0.717, 1.165) is 23.5 Å². The van der Waals surface area contributed by atoms with Gasteiger partial charge < -0.3 is 26.8 Å². The summed E-state index contributed by atoms with van der Waals surface area (Å²) >= 11 is 0.